The first-order valence-electron chi connectivity index (χ1n) is 6.25. The Bertz CT molecular complexity index is 577. The summed E-state index contributed by atoms with van der Waals surface area (Å²) in [6.07, 6.45) is 2.56. The average molecular weight is 252 g/mol. The molecule has 0 radical (unpaired) electrons. The summed E-state index contributed by atoms with van der Waals surface area (Å²) in [5.74, 6) is 0.870. The second-order valence-electron chi connectivity index (χ2n) is 4.47. The Balaban J connectivity index is 2.02. The molecule has 2 rings (SSSR count). The van der Waals surface area contributed by atoms with Crippen LogP contribution in [-0.2, 0) is 6.42 Å². The van der Waals surface area contributed by atoms with Crippen molar-refractivity contribution in [2.75, 3.05) is 6.61 Å². The van der Waals surface area contributed by atoms with E-state index in [1.54, 1.807) is 6.20 Å². The summed E-state index contributed by atoms with van der Waals surface area (Å²) in [6, 6.07) is 11.7. The molecule has 1 heterocycles. The molecular weight excluding hydrogens is 236 g/mol. The molecule has 3 nitrogen and oxygen atoms in total. The molecule has 3 heteroatoms. The quantitative estimate of drug-likeness (QED) is 0.839. The van der Waals surface area contributed by atoms with E-state index in [0.29, 0.717) is 12.2 Å². The van der Waals surface area contributed by atoms with Crippen molar-refractivity contribution in [3.8, 4) is 11.8 Å². The van der Waals surface area contributed by atoms with Gasteiger partial charge in [-0.3, -0.25) is 4.98 Å². The molecule has 2 aromatic rings. The Hall–Kier alpha value is -2.34. The van der Waals surface area contributed by atoms with Gasteiger partial charge < -0.3 is 4.74 Å². The molecule has 96 valence electrons. The van der Waals surface area contributed by atoms with E-state index in [-0.39, 0.29) is 0 Å². The molecule has 0 unspecified atom stereocenters. The first-order chi connectivity index (χ1) is 9.20. The van der Waals surface area contributed by atoms with Gasteiger partial charge in [0.05, 0.1) is 18.2 Å². The molecule has 0 spiro atoms. The molecule has 0 aliphatic rings. The van der Waals surface area contributed by atoms with Crippen molar-refractivity contribution in [2.45, 2.75) is 20.3 Å². The predicted octanol–water partition coefficient (Wildman–Crippen LogP) is 3.19. The predicted molar refractivity (Wildman–Crippen MR) is 74.1 cm³/mol. The van der Waals surface area contributed by atoms with Crippen molar-refractivity contribution in [1.82, 2.24) is 4.98 Å². The zero-order chi connectivity index (χ0) is 13.7. The summed E-state index contributed by atoms with van der Waals surface area (Å²) in [6.45, 7) is 4.51. The van der Waals surface area contributed by atoms with Gasteiger partial charge in [-0.1, -0.05) is 6.07 Å². The van der Waals surface area contributed by atoms with E-state index in [4.69, 9.17) is 10.00 Å². The maximum atomic E-state index is 8.90. The largest absolute Gasteiger partial charge is 0.493 e. The van der Waals surface area contributed by atoms with Crippen LogP contribution in [0.4, 0.5) is 0 Å². The third-order valence-corrected chi connectivity index (χ3v) is 2.92. The zero-order valence-corrected chi connectivity index (χ0v) is 11.2. The smallest absolute Gasteiger partial charge is 0.125 e. The van der Waals surface area contributed by atoms with Crippen LogP contribution in [0.2, 0.25) is 0 Å². The van der Waals surface area contributed by atoms with E-state index < -0.39 is 0 Å². The molecular formula is C16H16N2O. The van der Waals surface area contributed by atoms with E-state index in [9.17, 15) is 0 Å². The highest BCUT2D eigenvalue weighted by Gasteiger charge is 2.06. The number of hydrogen-bond acceptors (Lipinski definition) is 3. The Labute approximate surface area is 113 Å². The van der Waals surface area contributed by atoms with Gasteiger partial charge in [-0.25, -0.2) is 0 Å². The van der Waals surface area contributed by atoms with Crippen molar-refractivity contribution in [3.63, 3.8) is 0 Å². The van der Waals surface area contributed by atoms with E-state index in [1.165, 1.54) is 0 Å². The van der Waals surface area contributed by atoms with Crippen LogP contribution >= 0.6 is 0 Å². The highest BCUT2D eigenvalue weighted by Crippen LogP contribution is 2.24. The number of aryl methyl sites for hydroxylation is 2. The van der Waals surface area contributed by atoms with E-state index in [0.717, 1.165) is 29.0 Å². The normalized spacial score (nSPS) is 9.95. The van der Waals surface area contributed by atoms with Crippen LogP contribution in [0.15, 0.2) is 36.5 Å². The number of ether oxygens (including phenoxy) is 1. The molecule has 0 saturated carbocycles. The topological polar surface area (TPSA) is 45.9 Å². The number of nitrogens with zero attached hydrogens (tertiary/aromatic N) is 2. The van der Waals surface area contributed by atoms with Gasteiger partial charge in [0.1, 0.15) is 5.75 Å². The van der Waals surface area contributed by atoms with E-state index in [2.05, 4.69) is 11.1 Å². The van der Waals surface area contributed by atoms with Gasteiger partial charge in [-0.2, -0.15) is 5.26 Å². The van der Waals surface area contributed by atoms with Crippen molar-refractivity contribution in [3.05, 3.63) is 58.9 Å². The van der Waals surface area contributed by atoms with E-state index >= 15 is 0 Å². The first-order valence-corrected chi connectivity index (χ1v) is 6.25. The molecule has 0 aliphatic carbocycles. The summed E-state index contributed by atoms with van der Waals surface area (Å²) < 4.78 is 5.82. The molecule has 0 saturated heterocycles. The van der Waals surface area contributed by atoms with Crippen LogP contribution in [0.25, 0.3) is 0 Å². The SMILES string of the molecule is Cc1cc(C#N)cc(C)c1OCCc1ccccn1. The Morgan fingerprint density at radius 3 is 2.53 bits per heavy atom. The Morgan fingerprint density at radius 1 is 1.21 bits per heavy atom. The third kappa shape index (κ3) is 3.32. The number of nitriles is 1. The van der Waals surface area contributed by atoms with E-state index in [1.807, 2.05) is 44.2 Å². The second kappa shape index (κ2) is 6.01. The lowest BCUT2D eigenvalue weighted by molar-refractivity contribution is 0.316. The standard InChI is InChI=1S/C16H16N2O/c1-12-9-14(11-17)10-13(2)16(12)19-8-6-15-5-3-4-7-18-15/h3-5,7,9-10H,6,8H2,1-2H3. The minimum Gasteiger partial charge on any atom is -0.493 e. The van der Waals surface area contributed by atoms with Crippen molar-refractivity contribution in [2.24, 2.45) is 0 Å². The van der Waals surface area contributed by atoms with Crippen LogP contribution in [0.3, 0.4) is 0 Å². The minimum absolute atomic E-state index is 0.588. The van der Waals surface area contributed by atoms with Crippen LogP contribution in [-0.4, -0.2) is 11.6 Å². The summed E-state index contributed by atoms with van der Waals surface area (Å²) >= 11 is 0. The Morgan fingerprint density at radius 2 is 1.95 bits per heavy atom. The fourth-order valence-electron chi connectivity index (χ4n) is 2.05. The molecule has 0 amide bonds. The minimum atomic E-state index is 0.588. The van der Waals surface area contributed by atoms with Crippen molar-refractivity contribution >= 4 is 0 Å². The summed E-state index contributed by atoms with van der Waals surface area (Å²) in [5.41, 5.74) is 3.69. The number of aromatic nitrogens is 1. The van der Waals surface area contributed by atoms with Gasteiger partial charge in [0, 0.05) is 18.3 Å². The van der Waals surface area contributed by atoms with Crippen LogP contribution < -0.4 is 4.74 Å². The maximum absolute atomic E-state index is 8.90. The Kier molecular flexibility index (Phi) is 4.15. The summed E-state index contributed by atoms with van der Waals surface area (Å²) in [7, 11) is 0. The number of hydrogen-bond donors (Lipinski definition) is 0. The third-order valence-electron chi connectivity index (χ3n) is 2.92. The maximum Gasteiger partial charge on any atom is 0.125 e. The van der Waals surface area contributed by atoms with Gasteiger partial charge in [-0.15, -0.1) is 0 Å². The fourth-order valence-corrected chi connectivity index (χ4v) is 2.05. The fraction of sp³-hybridized carbons (Fsp3) is 0.250. The van der Waals surface area contributed by atoms with Gasteiger partial charge in [-0.05, 0) is 49.2 Å². The van der Waals surface area contributed by atoms with Gasteiger partial charge in [0.25, 0.3) is 0 Å². The van der Waals surface area contributed by atoms with Crippen molar-refractivity contribution in [1.29, 1.82) is 5.26 Å². The summed E-state index contributed by atoms with van der Waals surface area (Å²) in [4.78, 5) is 4.26. The molecule has 19 heavy (non-hydrogen) atoms. The highest BCUT2D eigenvalue weighted by molar-refractivity contribution is 5.47. The molecule has 1 aromatic carbocycles. The van der Waals surface area contributed by atoms with Crippen molar-refractivity contribution < 1.29 is 4.74 Å². The molecule has 1 aromatic heterocycles. The van der Waals surface area contributed by atoms with Gasteiger partial charge in [0.15, 0.2) is 0 Å². The highest BCUT2D eigenvalue weighted by atomic mass is 16.5. The first kappa shape index (κ1) is 13.1. The van der Waals surface area contributed by atoms with Gasteiger partial charge in [0.2, 0.25) is 0 Å². The molecule has 0 fully saturated rings. The monoisotopic (exact) mass is 252 g/mol. The molecule has 0 N–H and O–H groups in total. The van der Waals surface area contributed by atoms with Gasteiger partial charge >= 0.3 is 0 Å². The number of pyridine rings is 1. The van der Waals surface area contributed by atoms with Crippen LogP contribution in [0.5, 0.6) is 5.75 Å². The number of rotatable bonds is 4. The lowest BCUT2D eigenvalue weighted by atomic mass is 10.1. The molecule has 0 bridgehead atoms. The lowest BCUT2D eigenvalue weighted by Crippen LogP contribution is -2.05. The number of benzene rings is 1. The molecule has 0 aliphatic heterocycles. The average Bonchev–Trinajstić information content (AvgIpc) is 2.42. The second-order valence-corrected chi connectivity index (χ2v) is 4.47. The van der Waals surface area contributed by atoms with Crippen LogP contribution in [0.1, 0.15) is 22.4 Å². The summed E-state index contributed by atoms with van der Waals surface area (Å²) in [5, 5.41) is 8.90. The molecule has 0 atom stereocenters. The zero-order valence-electron chi connectivity index (χ0n) is 11.2. The van der Waals surface area contributed by atoms with Crippen LogP contribution in [0, 0.1) is 25.2 Å². The lowest BCUT2D eigenvalue weighted by Gasteiger charge is -2.12.